The van der Waals surface area contributed by atoms with Crippen molar-refractivity contribution in [2.45, 2.75) is 37.2 Å². The SMILES string of the molecule is O[C@@H]1CO[C@H]2[C@@H]1OC[C@@H]2OCc1ccc(C(F)(F)F)cc1. The van der Waals surface area contributed by atoms with Gasteiger partial charge in [0, 0.05) is 0 Å². The zero-order chi connectivity index (χ0) is 15.0. The maximum atomic E-state index is 12.4. The summed E-state index contributed by atoms with van der Waals surface area (Å²) >= 11 is 0. The fourth-order valence-electron chi connectivity index (χ4n) is 2.58. The zero-order valence-electron chi connectivity index (χ0n) is 11.0. The molecule has 2 fully saturated rings. The van der Waals surface area contributed by atoms with E-state index in [1.165, 1.54) is 12.1 Å². The van der Waals surface area contributed by atoms with Crippen molar-refractivity contribution in [3.63, 3.8) is 0 Å². The summed E-state index contributed by atoms with van der Waals surface area (Å²) in [6.45, 7) is 0.706. The van der Waals surface area contributed by atoms with E-state index in [1.54, 1.807) is 0 Å². The molecule has 4 atom stereocenters. The molecule has 0 aliphatic carbocycles. The molecular weight excluding hydrogens is 289 g/mol. The molecule has 1 aromatic rings. The molecule has 2 heterocycles. The first kappa shape index (κ1) is 14.8. The van der Waals surface area contributed by atoms with Crippen molar-refractivity contribution in [3.8, 4) is 0 Å². The molecule has 2 aliphatic rings. The van der Waals surface area contributed by atoms with E-state index in [4.69, 9.17) is 14.2 Å². The number of halogens is 3. The fourth-order valence-corrected chi connectivity index (χ4v) is 2.58. The van der Waals surface area contributed by atoms with Gasteiger partial charge in [-0.15, -0.1) is 0 Å². The number of rotatable bonds is 3. The van der Waals surface area contributed by atoms with Gasteiger partial charge in [-0.3, -0.25) is 0 Å². The highest BCUT2D eigenvalue weighted by atomic mass is 19.4. The topological polar surface area (TPSA) is 47.9 Å². The molecule has 21 heavy (non-hydrogen) atoms. The van der Waals surface area contributed by atoms with Gasteiger partial charge in [-0.2, -0.15) is 13.2 Å². The fraction of sp³-hybridized carbons (Fsp3) is 0.571. The average molecular weight is 304 g/mol. The highest BCUT2D eigenvalue weighted by Crippen LogP contribution is 2.31. The Bertz CT molecular complexity index is 488. The molecule has 0 aromatic heterocycles. The van der Waals surface area contributed by atoms with Crippen LogP contribution in [-0.2, 0) is 27.0 Å². The predicted molar refractivity (Wildman–Crippen MR) is 65.5 cm³/mol. The lowest BCUT2D eigenvalue weighted by atomic mass is 10.1. The molecule has 0 amide bonds. The average Bonchev–Trinajstić information content (AvgIpc) is 3.00. The minimum Gasteiger partial charge on any atom is -0.388 e. The molecule has 4 nitrogen and oxygen atoms in total. The lowest BCUT2D eigenvalue weighted by Gasteiger charge is -2.16. The van der Waals surface area contributed by atoms with Gasteiger partial charge in [-0.05, 0) is 17.7 Å². The molecule has 0 saturated carbocycles. The number of ether oxygens (including phenoxy) is 3. The van der Waals surface area contributed by atoms with E-state index >= 15 is 0 Å². The molecule has 0 bridgehead atoms. The molecule has 1 aromatic carbocycles. The standard InChI is InChI=1S/C14H15F3O4/c15-14(16,17)9-3-1-8(2-4-9)5-19-11-7-21-12-10(18)6-20-13(11)12/h1-4,10-13,18H,5-7H2/t10-,11+,12-,13-/m1/s1. The van der Waals surface area contributed by atoms with E-state index in [0.717, 1.165) is 12.1 Å². The van der Waals surface area contributed by atoms with E-state index in [-0.39, 0.29) is 31.5 Å². The van der Waals surface area contributed by atoms with Crippen molar-refractivity contribution in [1.82, 2.24) is 0 Å². The number of aliphatic hydroxyl groups excluding tert-OH is 1. The first-order valence-electron chi connectivity index (χ1n) is 6.64. The van der Waals surface area contributed by atoms with Crippen molar-refractivity contribution >= 4 is 0 Å². The summed E-state index contributed by atoms with van der Waals surface area (Å²) in [7, 11) is 0. The van der Waals surface area contributed by atoms with Crippen LogP contribution in [-0.4, -0.2) is 42.7 Å². The number of alkyl halides is 3. The van der Waals surface area contributed by atoms with E-state index in [9.17, 15) is 18.3 Å². The second-order valence-electron chi connectivity index (χ2n) is 5.21. The lowest BCUT2D eigenvalue weighted by Crippen LogP contribution is -2.32. The van der Waals surface area contributed by atoms with Crippen LogP contribution in [0, 0.1) is 0 Å². The van der Waals surface area contributed by atoms with Gasteiger partial charge in [-0.1, -0.05) is 12.1 Å². The van der Waals surface area contributed by atoms with Gasteiger partial charge in [0.1, 0.15) is 24.4 Å². The summed E-state index contributed by atoms with van der Waals surface area (Å²) in [5.41, 5.74) is -0.0391. The van der Waals surface area contributed by atoms with Gasteiger partial charge in [0.25, 0.3) is 0 Å². The quantitative estimate of drug-likeness (QED) is 0.924. The van der Waals surface area contributed by atoms with Crippen molar-refractivity contribution in [2.75, 3.05) is 13.2 Å². The second-order valence-corrected chi connectivity index (χ2v) is 5.21. The summed E-state index contributed by atoms with van der Waals surface area (Å²) in [4.78, 5) is 0. The Labute approximate surface area is 119 Å². The van der Waals surface area contributed by atoms with E-state index in [0.29, 0.717) is 12.2 Å². The van der Waals surface area contributed by atoms with Crippen LogP contribution in [0.2, 0.25) is 0 Å². The molecule has 0 unspecified atom stereocenters. The Morgan fingerprint density at radius 3 is 2.43 bits per heavy atom. The van der Waals surface area contributed by atoms with Crippen LogP contribution >= 0.6 is 0 Å². The summed E-state index contributed by atoms with van der Waals surface area (Å²) in [6, 6.07) is 4.84. The Morgan fingerprint density at radius 2 is 1.76 bits per heavy atom. The number of benzene rings is 1. The van der Waals surface area contributed by atoms with E-state index < -0.39 is 17.8 Å². The molecule has 3 rings (SSSR count). The van der Waals surface area contributed by atoms with Gasteiger partial charge in [0.2, 0.25) is 0 Å². The third-order valence-electron chi connectivity index (χ3n) is 3.73. The molecule has 2 saturated heterocycles. The van der Waals surface area contributed by atoms with Crippen LogP contribution in [0.1, 0.15) is 11.1 Å². The van der Waals surface area contributed by atoms with Gasteiger partial charge in [0.05, 0.1) is 25.4 Å². The number of hydrogen-bond donors (Lipinski definition) is 1. The lowest BCUT2D eigenvalue weighted by molar-refractivity contribution is -0.137. The number of fused-ring (bicyclic) bond motifs is 1. The van der Waals surface area contributed by atoms with Crippen LogP contribution in [0.4, 0.5) is 13.2 Å². The van der Waals surface area contributed by atoms with Crippen molar-refractivity contribution < 1.29 is 32.5 Å². The Hall–Kier alpha value is -1.15. The minimum absolute atomic E-state index is 0.175. The Kier molecular flexibility index (Phi) is 3.92. The Balaban J connectivity index is 1.56. The highest BCUT2D eigenvalue weighted by Gasteiger charge is 2.47. The van der Waals surface area contributed by atoms with Crippen LogP contribution in [0.3, 0.4) is 0 Å². The van der Waals surface area contributed by atoms with Crippen molar-refractivity contribution in [1.29, 1.82) is 0 Å². The van der Waals surface area contributed by atoms with E-state index in [1.807, 2.05) is 0 Å². The second kappa shape index (κ2) is 5.57. The smallest absolute Gasteiger partial charge is 0.388 e. The first-order valence-corrected chi connectivity index (χ1v) is 6.64. The summed E-state index contributed by atoms with van der Waals surface area (Å²) < 4.78 is 53.8. The highest BCUT2D eigenvalue weighted by molar-refractivity contribution is 5.24. The van der Waals surface area contributed by atoms with Crippen LogP contribution in [0.25, 0.3) is 0 Å². The van der Waals surface area contributed by atoms with Crippen LogP contribution < -0.4 is 0 Å². The summed E-state index contributed by atoms with van der Waals surface area (Å²) in [5.74, 6) is 0. The van der Waals surface area contributed by atoms with Crippen LogP contribution in [0.15, 0.2) is 24.3 Å². The minimum atomic E-state index is -4.33. The van der Waals surface area contributed by atoms with Gasteiger partial charge in [0.15, 0.2) is 0 Å². The normalized spacial score (nSPS) is 32.4. The molecule has 0 spiro atoms. The predicted octanol–water partition coefficient (Wildman–Crippen LogP) is 1.75. The van der Waals surface area contributed by atoms with Crippen LogP contribution in [0.5, 0.6) is 0 Å². The summed E-state index contributed by atoms with van der Waals surface area (Å²) in [5, 5.41) is 9.60. The zero-order valence-corrected chi connectivity index (χ0v) is 11.0. The molecule has 0 radical (unpaired) electrons. The van der Waals surface area contributed by atoms with Gasteiger partial charge >= 0.3 is 6.18 Å². The third-order valence-corrected chi connectivity index (χ3v) is 3.73. The van der Waals surface area contributed by atoms with E-state index in [2.05, 4.69) is 0 Å². The molecule has 116 valence electrons. The molecule has 7 heteroatoms. The number of hydrogen-bond acceptors (Lipinski definition) is 4. The number of aliphatic hydroxyl groups is 1. The van der Waals surface area contributed by atoms with Gasteiger partial charge in [-0.25, -0.2) is 0 Å². The monoisotopic (exact) mass is 304 g/mol. The van der Waals surface area contributed by atoms with Gasteiger partial charge < -0.3 is 19.3 Å². The third kappa shape index (κ3) is 3.06. The maximum Gasteiger partial charge on any atom is 0.416 e. The van der Waals surface area contributed by atoms with Crippen molar-refractivity contribution in [3.05, 3.63) is 35.4 Å². The summed E-state index contributed by atoms with van der Waals surface area (Å²) in [6.07, 6.45) is -5.97. The first-order chi connectivity index (χ1) is 9.95. The molecular formula is C14H15F3O4. The maximum absolute atomic E-state index is 12.4. The molecule has 1 N–H and O–H groups in total. The van der Waals surface area contributed by atoms with Crippen molar-refractivity contribution in [2.24, 2.45) is 0 Å². The molecule has 2 aliphatic heterocycles. The largest absolute Gasteiger partial charge is 0.416 e. The Morgan fingerprint density at radius 1 is 1.10 bits per heavy atom.